The molecule has 0 saturated carbocycles. The predicted molar refractivity (Wildman–Crippen MR) is 63.1 cm³/mol. The number of hydrogen-bond donors (Lipinski definition) is 1. The molecule has 3 nitrogen and oxygen atoms in total. The third-order valence-corrected chi connectivity index (χ3v) is 3.26. The van der Waals surface area contributed by atoms with Gasteiger partial charge < -0.3 is 10.2 Å². The van der Waals surface area contributed by atoms with E-state index in [0.717, 1.165) is 26.1 Å². The highest BCUT2D eigenvalue weighted by Crippen LogP contribution is 2.20. The van der Waals surface area contributed by atoms with Crippen LogP contribution < -0.4 is 10.2 Å². The Morgan fingerprint density at radius 2 is 2.47 bits per heavy atom. The van der Waals surface area contributed by atoms with Gasteiger partial charge in [0.2, 0.25) is 0 Å². The summed E-state index contributed by atoms with van der Waals surface area (Å²) in [5.41, 5.74) is 1.48. The van der Waals surface area contributed by atoms with E-state index in [4.69, 9.17) is 0 Å². The third kappa shape index (κ3) is 2.29. The van der Waals surface area contributed by atoms with Crippen molar-refractivity contribution in [2.75, 3.05) is 24.5 Å². The maximum absolute atomic E-state index is 4.17. The first-order valence-electron chi connectivity index (χ1n) is 5.63. The van der Waals surface area contributed by atoms with E-state index in [2.05, 4.69) is 35.1 Å². The van der Waals surface area contributed by atoms with E-state index in [0.29, 0.717) is 0 Å². The van der Waals surface area contributed by atoms with E-state index in [-0.39, 0.29) is 5.54 Å². The number of hydrogen-bond acceptors (Lipinski definition) is 3. The van der Waals surface area contributed by atoms with Gasteiger partial charge in [-0.15, -0.1) is 0 Å². The lowest BCUT2D eigenvalue weighted by Gasteiger charge is -2.42. The van der Waals surface area contributed by atoms with Gasteiger partial charge in [0.05, 0.1) is 11.9 Å². The van der Waals surface area contributed by atoms with Crippen LogP contribution in [0.2, 0.25) is 0 Å². The van der Waals surface area contributed by atoms with Crippen molar-refractivity contribution in [3.63, 3.8) is 0 Å². The first-order chi connectivity index (χ1) is 7.23. The molecule has 82 valence electrons. The van der Waals surface area contributed by atoms with Crippen molar-refractivity contribution in [3.05, 3.63) is 24.5 Å². The average Bonchev–Trinajstić information content (AvgIpc) is 2.30. The van der Waals surface area contributed by atoms with Crippen LogP contribution in [-0.2, 0) is 0 Å². The van der Waals surface area contributed by atoms with Gasteiger partial charge in [-0.05, 0) is 25.5 Å². The molecule has 2 heterocycles. The average molecular weight is 205 g/mol. The Balaban J connectivity index is 2.11. The van der Waals surface area contributed by atoms with E-state index in [1.807, 2.05) is 18.5 Å². The van der Waals surface area contributed by atoms with Crippen molar-refractivity contribution in [2.45, 2.75) is 25.8 Å². The molecule has 1 saturated heterocycles. The molecule has 0 bridgehead atoms. The van der Waals surface area contributed by atoms with Crippen molar-refractivity contribution in [1.29, 1.82) is 0 Å². The molecule has 1 aliphatic heterocycles. The van der Waals surface area contributed by atoms with Gasteiger partial charge >= 0.3 is 0 Å². The summed E-state index contributed by atoms with van der Waals surface area (Å²) in [5.74, 6) is 0. The van der Waals surface area contributed by atoms with Gasteiger partial charge in [-0.1, -0.05) is 6.92 Å². The van der Waals surface area contributed by atoms with Crippen LogP contribution in [-0.4, -0.2) is 30.2 Å². The molecular formula is C12H19N3. The molecule has 1 unspecified atom stereocenters. The Labute approximate surface area is 91.5 Å². The molecule has 1 aromatic heterocycles. The van der Waals surface area contributed by atoms with E-state index >= 15 is 0 Å². The maximum Gasteiger partial charge on any atom is 0.0553 e. The zero-order chi connectivity index (χ0) is 10.7. The molecule has 1 aliphatic rings. The Morgan fingerprint density at radius 3 is 3.13 bits per heavy atom. The zero-order valence-corrected chi connectivity index (χ0v) is 9.53. The summed E-state index contributed by atoms with van der Waals surface area (Å²) in [6.07, 6.45) is 4.93. The van der Waals surface area contributed by atoms with Crippen LogP contribution >= 0.6 is 0 Å². The van der Waals surface area contributed by atoms with Crippen LogP contribution in [0.25, 0.3) is 0 Å². The fourth-order valence-electron chi connectivity index (χ4n) is 2.05. The van der Waals surface area contributed by atoms with Gasteiger partial charge in [-0.3, -0.25) is 4.98 Å². The summed E-state index contributed by atoms with van der Waals surface area (Å²) >= 11 is 0. The lowest BCUT2D eigenvalue weighted by atomic mass is 9.95. The highest BCUT2D eigenvalue weighted by Gasteiger charge is 2.28. The first-order valence-corrected chi connectivity index (χ1v) is 5.63. The predicted octanol–water partition coefficient (Wildman–Crippen LogP) is 1.66. The van der Waals surface area contributed by atoms with Crippen LogP contribution in [0.1, 0.15) is 20.3 Å². The molecule has 0 radical (unpaired) electrons. The molecule has 0 spiro atoms. The normalized spacial score (nSPS) is 26.7. The smallest absolute Gasteiger partial charge is 0.0553 e. The Morgan fingerprint density at radius 1 is 1.60 bits per heavy atom. The number of nitrogens with one attached hydrogen (secondary N) is 1. The highest BCUT2D eigenvalue weighted by atomic mass is 15.2. The van der Waals surface area contributed by atoms with Gasteiger partial charge in [0.25, 0.3) is 0 Å². The molecule has 0 amide bonds. The fourth-order valence-corrected chi connectivity index (χ4v) is 2.05. The highest BCUT2D eigenvalue weighted by molar-refractivity contribution is 5.44. The number of rotatable bonds is 2. The second kappa shape index (κ2) is 4.19. The van der Waals surface area contributed by atoms with Crippen LogP contribution in [0.4, 0.5) is 5.69 Å². The SMILES string of the molecule is CCC1(C)CN(c2cccnc2)CCN1. The standard InChI is InChI=1S/C12H19N3/c1-3-12(2)10-15(8-7-14-12)11-5-4-6-13-9-11/h4-6,9,14H,3,7-8,10H2,1-2H3. The van der Waals surface area contributed by atoms with Crippen molar-refractivity contribution < 1.29 is 0 Å². The Kier molecular flexibility index (Phi) is 2.91. The minimum atomic E-state index is 0.244. The van der Waals surface area contributed by atoms with E-state index in [9.17, 15) is 0 Å². The fraction of sp³-hybridized carbons (Fsp3) is 0.583. The summed E-state index contributed by atoms with van der Waals surface area (Å²) in [5, 5.41) is 3.58. The number of piperazine rings is 1. The summed E-state index contributed by atoms with van der Waals surface area (Å²) in [4.78, 5) is 6.58. The van der Waals surface area contributed by atoms with Gasteiger partial charge in [0.1, 0.15) is 0 Å². The molecule has 1 atom stereocenters. The number of aromatic nitrogens is 1. The van der Waals surface area contributed by atoms with Crippen molar-refractivity contribution in [2.24, 2.45) is 0 Å². The van der Waals surface area contributed by atoms with Gasteiger partial charge in [0, 0.05) is 31.4 Å². The molecule has 15 heavy (non-hydrogen) atoms. The van der Waals surface area contributed by atoms with E-state index in [1.54, 1.807) is 0 Å². The molecule has 1 fully saturated rings. The summed E-state index contributed by atoms with van der Waals surface area (Å²) < 4.78 is 0. The van der Waals surface area contributed by atoms with Crippen LogP contribution in [0.15, 0.2) is 24.5 Å². The number of nitrogens with zero attached hydrogens (tertiary/aromatic N) is 2. The third-order valence-electron chi connectivity index (χ3n) is 3.26. The van der Waals surface area contributed by atoms with Crippen LogP contribution in [0.5, 0.6) is 0 Å². The first kappa shape index (κ1) is 10.4. The largest absolute Gasteiger partial charge is 0.367 e. The molecule has 1 aromatic rings. The van der Waals surface area contributed by atoms with Crippen molar-refractivity contribution >= 4 is 5.69 Å². The molecule has 1 N–H and O–H groups in total. The minimum Gasteiger partial charge on any atom is -0.367 e. The van der Waals surface area contributed by atoms with Crippen molar-refractivity contribution in [1.82, 2.24) is 10.3 Å². The quantitative estimate of drug-likeness (QED) is 0.796. The zero-order valence-electron chi connectivity index (χ0n) is 9.53. The molecular weight excluding hydrogens is 186 g/mol. The van der Waals surface area contributed by atoms with Crippen LogP contribution in [0, 0.1) is 0 Å². The molecule has 2 rings (SSSR count). The monoisotopic (exact) mass is 205 g/mol. The Hall–Kier alpha value is -1.09. The van der Waals surface area contributed by atoms with E-state index < -0.39 is 0 Å². The van der Waals surface area contributed by atoms with Crippen LogP contribution in [0.3, 0.4) is 0 Å². The number of anilines is 1. The maximum atomic E-state index is 4.17. The second-order valence-electron chi connectivity index (χ2n) is 4.47. The lowest BCUT2D eigenvalue weighted by Crippen LogP contribution is -2.58. The van der Waals surface area contributed by atoms with E-state index in [1.165, 1.54) is 5.69 Å². The summed E-state index contributed by atoms with van der Waals surface area (Å²) in [6, 6.07) is 4.13. The molecule has 3 heteroatoms. The summed E-state index contributed by atoms with van der Waals surface area (Å²) in [7, 11) is 0. The molecule has 0 aliphatic carbocycles. The van der Waals surface area contributed by atoms with Crippen molar-refractivity contribution in [3.8, 4) is 0 Å². The minimum absolute atomic E-state index is 0.244. The number of pyridine rings is 1. The second-order valence-corrected chi connectivity index (χ2v) is 4.47. The molecule has 0 aromatic carbocycles. The van der Waals surface area contributed by atoms with Gasteiger partial charge in [-0.2, -0.15) is 0 Å². The topological polar surface area (TPSA) is 28.2 Å². The summed E-state index contributed by atoms with van der Waals surface area (Å²) in [6.45, 7) is 7.71. The van der Waals surface area contributed by atoms with Gasteiger partial charge in [0.15, 0.2) is 0 Å². The lowest BCUT2D eigenvalue weighted by molar-refractivity contribution is 0.314. The Bertz CT molecular complexity index is 312. The van der Waals surface area contributed by atoms with Gasteiger partial charge in [-0.25, -0.2) is 0 Å².